The quantitative estimate of drug-likeness (QED) is 0.111. The Labute approximate surface area is 388 Å². The molecular formula is C47H53ClF3N5O6S3. The minimum atomic E-state index is -6.05. The van der Waals surface area contributed by atoms with Crippen molar-refractivity contribution in [1.29, 1.82) is 0 Å². The molecule has 1 amide bonds. The van der Waals surface area contributed by atoms with Crippen molar-refractivity contribution < 1.29 is 39.5 Å². The van der Waals surface area contributed by atoms with Crippen LogP contribution in [0.5, 0.6) is 0 Å². The molecule has 3 aliphatic heterocycles. The molecule has 11 nitrogen and oxygen atoms in total. The molecule has 8 rings (SSSR count). The van der Waals surface area contributed by atoms with Gasteiger partial charge in [-0.25, -0.2) is 21.6 Å². The number of sulfonamides is 1. The van der Waals surface area contributed by atoms with Crippen molar-refractivity contribution >= 4 is 66.1 Å². The SMILES string of the molecule is O=C(NS(=O)(=O)c1ccc(NC(CCN2CCOCC2)CSc2ccccc2)c(S(=O)(=O)C(F)(F)F)c1)c1ccc(N2CCC3(C2)CN(C2CCCCC=C2c2ccc(Cl)cc2)C3)cc1. The molecule has 4 aromatic carbocycles. The second kappa shape index (κ2) is 20.0. The zero-order chi connectivity index (χ0) is 45.8. The largest absolute Gasteiger partial charge is 0.501 e. The molecule has 2 atom stereocenters. The first kappa shape index (κ1) is 47.4. The first-order valence-corrected chi connectivity index (χ1v) is 26.2. The molecule has 1 aliphatic carbocycles. The maximum Gasteiger partial charge on any atom is 0.501 e. The summed E-state index contributed by atoms with van der Waals surface area (Å²) in [4.78, 5) is 19.2. The Hall–Kier alpha value is -4.10. The molecule has 0 saturated carbocycles. The third-order valence-corrected chi connectivity index (χ3v) is 17.1. The highest BCUT2D eigenvalue weighted by molar-refractivity contribution is 7.99. The number of benzene rings is 4. The van der Waals surface area contributed by atoms with Gasteiger partial charge < -0.3 is 15.0 Å². The number of anilines is 2. The number of amides is 1. The van der Waals surface area contributed by atoms with Gasteiger partial charge in [-0.05, 0) is 110 Å². The number of morpholine rings is 1. The van der Waals surface area contributed by atoms with Crippen molar-refractivity contribution in [2.24, 2.45) is 5.41 Å². The van der Waals surface area contributed by atoms with Gasteiger partial charge >= 0.3 is 5.51 Å². The van der Waals surface area contributed by atoms with Crippen molar-refractivity contribution in [3.05, 3.63) is 119 Å². The predicted octanol–water partition coefficient (Wildman–Crippen LogP) is 8.59. The third-order valence-electron chi connectivity index (χ3n) is 12.8. The van der Waals surface area contributed by atoms with Crippen molar-refractivity contribution in [3.63, 3.8) is 0 Å². The summed E-state index contributed by atoms with van der Waals surface area (Å²) in [5.74, 6) is -0.642. The van der Waals surface area contributed by atoms with Gasteiger partial charge in [-0.3, -0.25) is 14.6 Å². The lowest BCUT2D eigenvalue weighted by molar-refractivity contribution is -0.0435. The number of carbonyl (C=O) groups is 1. The lowest BCUT2D eigenvalue weighted by atomic mass is 9.76. The number of nitrogens with one attached hydrogen (secondary N) is 2. The highest BCUT2D eigenvalue weighted by Gasteiger charge is 2.50. The molecule has 3 saturated heterocycles. The summed E-state index contributed by atoms with van der Waals surface area (Å²) in [6, 6.07) is 26.3. The van der Waals surface area contributed by atoms with Crippen LogP contribution < -0.4 is 14.9 Å². The van der Waals surface area contributed by atoms with Gasteiger partial charge in [0, 0.05) is 90.2 Å². The van der Waals surface area contributed by atoms with Crippen molar-refractivity contribution in [3.8, 4) is 0 Å². The molecule has 18 heteroatoms. The van der Waals surface area contributed by atoms with Gasteiger partial charge in [0.05, 0.1) is 23.8 Å². The average Bonchev–Trinajstić information content (AvgIpc) is 3.60. The van der Waals surface area contributed by atoms with Crippen LogP contribution in [0.4, 0.5) is 24.5 Å². The zero-order valence-electron chi connectivity index (χ0n) is 35.8. The van der Waals surface area contributed by atoms with E-state index in [-0.39, 0.29) is 11.0 Å². The van der Waals surface area contributed by atoms with Crippen LogP contribution in [-0.2, 0) is 24.6 Å². The van der Waals surface area contributed by atoms with Gasteiger partial charge in [0.25, 0.3) is 25.8 Å². The number of likely N-dealkylation sites (tertiary alicyclic amines) is 1. The number of ether oxygens (including phenoxy) is 1. The van der Waals surface area contributed by atoms with Crippen LogP contribution in [0.25, 0.3) is 5.57 Å². The number of carbonyl (C=O) groups excluding carboxylic acids is 1. The Morgan fingerprint density at radius 3 is 2.32 bits per heavy atom. The van der Waals surface area contributed by atoms with E-state index >= 15 is 0 Å². The molecule has 3 fully saturated rings. The van der Waals surface area contributed by atoms with E-state index in [9.17, 15) is 34.8 Å². The molecule has 348 valence electrons. The van der Waals surface area contributed by atoms with Crippen molar-refractivity contribution in [2.45, 2.75) is 70.8 Å². The van der Waals surface area contributed by atoms with E-state index in [1.807, 2.05) is 47.2 Å². The summed E-state index contributed by atoms with van der Waals surface area (Å²) >= 11 is 7.65. The Morgan fingerprint density at radius 1 is 0.892 bits per heavy atom. The molecule has 0 aromatic heterocycles. The molecule has 2 unspecified atom stereocenters. The molecule has 0 radical (unpaired) electrons. The van der Waals surface area contributed by atoms with Gasteiger partial charge in [-0.15, -0.1) is 11.8 Å². The number of hydrogen-bond donors (Lipinski definition) is 2. The van der Waals surface area contributed by atoms with Crippen LogP contribution in [0.15, 0.2) is 118 Å². The summed E-state index contributed by atoms with van der Waals surface area (Å²) in [5.41, 5.74) is -2.52. The number of hydrogen-bond acceptors (Lipinski definition) is 11. The minimum Gasteiger partial charge on any atom is -0.380 e. The molecule has 4 aromatic rings. The Morgan fingerprint density at radius 2 is 1.62 bits per heavy atom. The molecular weight excluding hydrogens is 919 g/mol. The van der Waals surface area contributed by atoms with Crippen LogP contribution in [0.2, 0.25) is 5.02 Å². The molecule has 4 aliphatic rings. The van der Waals surface area contributed by atoms with Crippen molar-refractivity contribution in [1.82, 2.24) is 14.5 Å². The molecule has 0 bridgehead atoms. The van der Waals surface area contributed by atoms with E-state index < -0.39 is 52.8 Å². The normalized spacial score (nSPS) is 20.2. The number of rotatable bonds is 15. The molecule has 2 N–H and O–H groups in total. The van der Waals surface area contributed by atoms with Crippen LogP contribution in [0.1, 0.15) is 54.4 Å². The second-order valence-electron chi connectivity index (χ2n) is 17.3. The van der Waals surface area contributed by atoms with E-state index in [4.69, 9.17) is 16.3 Å². The fraction of sp³-hybridized carbons (Fsp3) is 0.426. The summed E-state index contributed by atoms with van der Waals surface area (Å²) in [6.45, 7) is 6.64. The summed E-state index contributed by atoms with van der Waals surface area (Å²) < 4.78 is 103. The summed E-state index contributed by atoms with van der Waals surface area (Å²) in [5, 5.41) is 3.72. The minimum absolute atomic E-state index is 0.0105. The summed E-state index contributed by atoms with van der Waals surface area (Å²) in [7, 11) is -10.9. The van der Waals surface area contributed by atoms with E-state index in [1.165, 1.54) is 47.9 Å². The number of thioether (sulfide) groups is 1. The number of sulfone groups is 1. The van der Waals surface area contributed by atoms with E-state index in [0.29, 0.717) is 57.1 Å². The number of nitrogens with zero attached hydrogens (tertiary/aromatic N) is 3. The first-order valence-electron chi connectivity index (χ1n) is 21.9. The number of allylic oxidation sites excluding steroid dienone is 1. The maximum absolute atomic E-state index is 14.2. The first-order chi connectivity index (χ1) is 31.1. The lowest BCUT2D eigenvalue weighted by Crippen LogP contribution is -2.61. The van der Waals surface area contributed by atoms with E-state index in [0.717, 1.165) is 73.2 Å². The zero-order valence-corrected chi connectivity index (χ0v) is 39.0. The van der Waals surface area contributed by atoms with Gasteiger partial charge in [0.2, 0.25) is 0 Å². The van der Waals surface area contributed by atoms with Crippen LogP contribution in [0.3, 0.4) is 0 Å². The third kappa shape index (κ3) is 11.2. The van der Waals surface area contributed by atoms with Crippen LogP contribution >= 0.6 is 23.4 Å². The van der Waals surface area contributed by atoms with Crippen molar-refractivity contribution in [2.75, 3.05) is 75.0 Å². The smallest absolute Gasteiger partial charge is 0.380 e. The van der Waals surface area contributed by atoms with E-state index in [2.05, 4.69) is 38.2 Å². The van der Waals surface area contributed by atoms with Crippen LogP contribution in [0, 0.1) is 5.41 Å². The lowest BCUT2D eigenvalue weighted by Gasteiger charge is -2.52. The molecule has 65 heavy (non-hydrogen) atoms. The standard InChI is InChI=1S/C47H53ClF3N5O6S3/c48-36-15-11-34(12-16-36)41-9-5-2-6-10-43(41)56-32-46(33-56)22-24-55(31-46)38-17-13-35(14-18-38)45(57)53-65(60,61)40-19-20-42(44(29-40)64(58,59)47(49,50)51)52-37(21-23-54-25-27-62-28-26-54)30-63-39-7-3-1-4-8-39/h1,3-4,7-9,11-20,29,37,43,52H,2,5-6,10,21-28,30-33H2,(H,53,57). The second-order valence-corrected chi connectivity index (χ2v) is 22.5. The number of alkyl halides is 3. The maximum atomic E-state index is 14.2. The predicted molar refractivity (Wildman–Crippen MR) is 250 cm³/mol. The Kier molecular flexibility index (Phi) is 14.6. The number of halogens is 4. The topological polar surface area (TPSA) is 128 Å². The Bertz CT molecular complexity index is 2560. The van der Waals surface area contributed by atoms with Crippen LogP contribution in [-0.4, -0.2) is 115 Å². The van der Waals surface area contributed by atoms with E-state index in [1.54, 1.807) is 12.1 Å². The monoisotopic (exact) mass is 971 g/mol. The van der Waals surface area contributed by atoms with Gasteiger partial charge in [0.15, 0.2) is 0 Å². The fourth-order valence-electron chi connectivity index (χ4n) is 9.31. The van der Waals surface area contributed by atoms with Gasteiger partial charge in [-0.1, -0.05) is 54.4 Å². The van der Waals surface area contributed by atoms with Gasteiger partial charge in [-0.2, -0.15) is 13.2 Å². The van der Waals surface area contributed by atoms with Gasteiger partial charge in [0.1, 0.15) is 4.90 Å². The highest BCUT2D eigenvalue weighted by Crippen LogP contribution is 2.45. The highest BCUT2D eigenvalue weighted by atomic mass is 35.5. The molecule has 1 spiro atoms. The average molecular weight is 973 g/mol. The fourth-order valence-corrected chi connectivity index (χ4v) is 12.4. The Balaban J connectivity index is 0.930. The summed E-state index contributed by atoms with van der Waals surface area (Å²) in [6.07, 6.45) is 8.36. The molecule has 3 heterocycles.